The number of carbonyl (C=O) groups is 9. The summed E-state index contributed by atoms with van der Waals surface area (Å²) in [6, 6.07) is 4.79. The summed E-state index contributed by atoms with van der Waals surface area (Å²) in [4.78, 5) is 113. The summed E-state index contributed by atoms with van der Waals surface area (Å²) in [7, 11) is 4.64. The van der Waals surface area contributed by atoms with Crippen LogP contribution in [0.3, 0.4) is 0 Å². The lowest BCUT2D eigenvalue weighted by molar-refractivity contribution is -0.144. The zero-order valence-electron chi connectivity index (χ0n) is 44.2. The van der Waals surface area contributed by atoms with Crippen LogP contribution in [-0.2, 0) is 89.2 Å². The number of Topliss-reactive ketones (excluding diaryl/α,β-unsaturated/α-hetero) is 5. The number of methoxy groups -OCH3 is 2. The van der Waals surface area contributed by atoms with Crippen LogP contribution in [0.4, 0.5) is 9.59 Å². The zero-order chi connectivity index (χ0) is 55.4. The molecule has 6 N–H and O–H groups in total. The van der Waals surface area contributed by atoms with Gasteiger partial charge in [0, 0.05) is 62.7 Å². The summed E-state index contributed by atoms with van der Waals surface area (Å²) in [5, 5.41) is 5.38. The number of amides is 4. The second kappa shape index (κ2) is 29.9. The van der Waals surface area contributed by atoms with Crippen LogP contribution >= 0.6 is 0 Å². The zero-order valence-corrected chi connectivity index (χ0v) is 44.2. The number of hydrogen-bond acceptors (Lipinski definition) is 20. The van der Waals surface area contributed by atoms with Gasteiger partial charge in [-0.1, -0.05) is 31.2 Å². The van der Waals surface area contributed by atoms with Crippen molar-refractivity contribution >= 4 is 52.9 Å². The number of benzene rings is 1. The van der Waals surface area contributed by atoms with Crippen molar-refractivity contribution in [2.45, 2.75) is 90.4 Å². The van der Waals surface area contributed by atoms with E-state index in [9.17, 15) is 43.2 Å². The number of likely N-dealkylation sites (N-methyl/N-ethyl adjacent to an activating group) is 1. The number of piperazine rings is 1. The molecule has 1 aliphatic carbocycles. The Kier molecular flexibility index (Phi) is 24.6. The van der Waals surface area contributed by atoms with Gasteiger partial charge in [-0.05, 0) is 45.9 Å². The number of nitrogens with two attached hydrogens (primary N) is 2. The number of ether oxygens (including phenoxy) is 9. The molecule has 1 aromatic carbocycles. The number of fused-ring (bicyclic) bond motifs is 4. The summed E-state index contributed by atoms with van der Waals surface area (Å²) in [6.07, 6.45) is -1.58. The van der Waals surface area contributed by atoms with Crippen molar-refractivity contribution in [1.82, 2.24) is 20.4 Å². The molecule has 3 aliphatic heterocycles. The first-order valence-electron chi connectivity index (χ1n) is 24.7. The van der Waals surface area contributed by atoms with Crippen molar-refractivity contribution in [2.24, 2.45) is 23.3 Å². The molecular formula is C51H74N6O18. The van der Waals surface area contributed by atoms with Gasteiger partial charge in [-0.3, -0.25) is 38.5 Å². The average Bonchev–Trinajstić information content (AvgIpc) is 3.90. The number of hydrogen-bond donors (Lipinski definition) is 4. The van der Waals surface area contributed by atoms with E-state index in [1.54, 1.807) is 71.0 Å². The maximum atomic E-state index is 13.4. The molecule has 2 saturated heterocycles. The molecule has 416 valence electrons. The van der Waals surface area contributed by atoms with Gasteiger partial charge in [0.2, 0.25) is 17.6 Å². The summed E-state index contributed by atoms with van der Waals surface area (Å²) in [6.45, 7) is 12.2. The van der Waals surface area contributed by atoms with E-state index in [2.05, 4.69) is 10.6 Å². The van der Waals surface area contributed by atoms with Crippen molar-refractivity contribution < 1.29 is 85.8 Å². The molecule has 0 spiro atoms. The first-order valence-corrected chi connectivity index (χ1v) is 24.7. The molecule has 1 aromatic rings. The monoisotopic (exact) mass is 1060 g/mol. The first kappa shape index (κ1) is 61.6. The Labute approximate surface area is 436 Å². The van der Waals surface area contributed by atoms with Crippen molar-refractivity contribution in [2.75, 3.05) is 107 Å². The Balaban J connectivity index is 0.000000348. The molecule has 3 heterocycles. The van der Waals surface area contributed by atoms with Crippen LogP contribution in [0.5, 0.6) is 0 Å². The molecule has 2 fully saturated rings. The van der Waals surface area contributed by atoms with Gasteiger partial charge in [-0.2, -0.15) is 0 Å². The van der Waals surface area contributed by atoms with E-state index in [-0.39, 0.29) is 104 Å². The van der Waals surface area contributed by atoms with Crippen LogP contribution in [0, 0.1) is 11.8 Å². The normalized spacial score (nSPS) is 20.6. The SMILES string of the molecule is CN[C@H](CC(N)=O)C(=O)Cc1ccc(COC(=O)N2[C@@H]3CN4C5=C(C(=O)C(C)=C(C)C5=O)[C@H](COC(N)=O)[C@]4(OC)[C@@H]32)cc1.COCCOCCOCCOCCOCCOCC(=O)C[C@H](C)C(=O)N[C@H](C)C(C)=O. The Bertz CT molecular complexity index is 2270. The Morgan fingerprint density at radius 3 is 1.83 bits per heavy atom. The van der Waals surface area contributed by atoms with Crippen LogP contribution in [0.1, 0.15) is 58.6 Å². The van der Waals surface area contributed by atoms with Crippen LogP contribution < -0.4 is 22.1 Å². The Morgan fingerprint density at radius 2 is 1.31 bits per heavy atom. The van der Waals surface area contributed by atoms with Crippen LogP contribution in [0.25, 0.3) is 0 Å². The molecule has 4 amide bonds. The molecule has 0 unspecified atom stereocenters. The highest BCUT2D eigenvalue weighted by molar-refractivity contribution is 6.25. The first-order chi connectivity index (χ1) is 35.7. The fourth-order valence-corrected chi connectivity index (χ4v) is 8.86. The third-order valence-electron chi connectivity index (χ3n) is 13.2. The fourth-order valence-electron chi connectivity index (χ4n) is 8.86. The molecule has 5 rings (SSSR count). The van der Waals surface area contributed by atoms with E-state index >= 15 is 0 Å². The lowest BCUT2D eigenvalue weighted by Gasteiger charge is -2.40. The minimum absolute atomic E-state index is 0.0459. The van der Waals surface area contributed by atoms with E-state index in [1.807, 2.05) is 0 Å². The lowest BCUT2D eigenvalue weighted by Crippen LogP contribution is -2.56. The molecule has 4 aliphatic rings. The number of carbonyl (C=O) groups excluding carboxylic acids is 9. The average molecular weight is 1060 g/mol. The van der Waals surface area contributed by atoms with Gasteiger partial charge < -0.3 is 69.6 Å². The smallest absolute Gasteiger partial charge is 0.410 e. The highest BCUT2D eigenvalue weighted by atomic mass is 16.6. The largest absolute Gasteiger partial charge is 0.449 e. The molecule has 7 atom stereocenters. The Hall–Kier alpha value is -5.99. The number of primary amides is 2. The second-order valence-corrected chi connectivity index (χ2v) is 18.3. The van der Waals surface area contributed by atoms with E-state index in [1.165, 1.54) is 18.9 Å². The maximum absolute atomic E-state index is 13.4. The van der Waals surface area contributed by atoms with Gasteiger partial charge in [0.05, 0.1) is 95.8 Å². The van der Waals surface area contributed by atoms with E-state index in [4.69, 9.17) is 54.1 Å². The highest BCUT2D eigenvalue weighted by Crippen LogP contribution is 2.60. The van der Waals surface area contributed by atoms with Crippen molar-refractivity contribution in [1.29, 1.82) is 0 Å². The number of rotatable bonds is 33. The van der Waals surface area contributed by atoms with Gasteiger partial charge >= 0.3 is 12.2 Å². The van der Waals surface area contributed by atoms with Crippen molar-refractivity contribution in [3.05, 3.63) is 57.8 Å². The fraction of sp³-hybridized carbons (Fsp3) is 0.627. The highest BCUT2D eigenvalue weighted by Gasteiger charge is 2.78. The topological polar surface area (TPSA) is 319 Å². The molecular weight excluding hydrogens is 985 g/mol. The van der Waals surface area contributed by atoms with Gasteiger partial charge in [0.1, 0.15) is 25.9 Å². The molecule has 24 nitrogen and oxygen atoms in total. The number of ketones is 5. The molecule has 0 saturated carbocycles. The van der Waals surface area contributed by atoms with Gasteiger partial charge in [0.25, 0.3) is 0 Å². The number of allylic oxidation sites excluding steroid dienone is 2. The number of nitrogens with zero attached hydrogens (tertiary/aromatic N) is 2. The van der Waals surface area contributed by atoms with Gasteiger partial charge in [0.15, 0.2) is 28.9 Å². The summed E-state index contributed by atoms with van der Waals surface area (Å²) >= 11 is 0. The van der Waals surface area contributed by atoms with Crippen molar-refractivity contribution in [3.8, 4) is 0 Å². The minimum atomic E-state index is -1.34. The van der Waals surface area contributed by atoms with E-state index in [0.29, 0.717) is 76.2 Å². The lowest BCUT2D eigenvalue weighted by atomic mass is 9.81. The molecule has 0 aromatic heterocycles. The predicted octanol–water partition coefficient (Wildman–Crippen LogP) is 0.482. The maximum Gasteiger partial charge on any atom is 0.410 e. The van der Waals surface area contributed by atoms with Crippen molar-refractivity contribution in [3.63, 3.8) is 0 Å². The summed E-state index contributed by atoms with van der Waals surface area (Å²) in [5.74, 6) is -3.41. The standard InChI is InChI=1S/C30H35N5O9.C21H39NO9/c1-14-15(2)26(39)24-23(25(14)38)18(13-43-28(32)40)30(42-4)27-20(11-34(24)30)35(27)29(41)44-12-17-7-5-16(6-8-17)9-21(36)19(33-3)10-22(31)37;1-17(21(25)22-18(2)19(3)23)15-20(24)16-31-14-13-30-12-11-29-10-9-28-8-7-27-6-5-26-4/h5-8,18-20,27,33H,9-13H2,1-4H3,(H2,31,37)(H2,32,40);17-18H,5-16H2,1-4H3,(H,22,25)/t18-,19+,20+,27+,30-,35?;17-,18+/m00/s1. The summed E-state index contributed by atoms with van der Waals surface area (Å²) < 4.78 is 48.2. The minimum Gasteiger partial charge on any atom is -0.449 e. The van der Waals surface area contributed by atoms with Crippen LogP contribution in [0.2, 0.25) is 0 Å². The Morgan fingerprint density at radius 1 is 0.760 bits per heavy atom. The van der Waals surface area contributed by atoms with E-state index < -0.39 is 53.8 Å². The quantitative estimate of drug-likeness (QED) is 0.0423. The third kappa shape index (κ3) is 16.8. The predicted molar refractivity (Wildman–Crippen MR) is 265 cm³/mol. The molecule has 0 radical (unpaired) electrons. The molecule has 24 heteroatoms. The second-order valence-electron chi connectivity index (χ2n) is 18.3. The van der Waals surface area contributed by atoms with Gasteiger partial charge in [-0.15, -0.1) is 0 Å². The van der Waals surface area contributed by atoms with Crippen LogP contribution in [0.15, 0.2) is 46.7 Å². The van der Waals surface area contributed by atoms with E-state index in [0.717, 1.165) is 5.56 Å². The molecule has 0 bridgehead atoms. The summed E-state index contributed by atoms with van der Waals surface area (Å²) in [5.41, 5.74) is 11.6. The third-order valence-corrected chi connectivity index (χ3v) is 13.2. The number of nitrogens with one attached hydrogen (secondary N) is 2. The van der Waals surface area contributed by atoms with Crippen LogP contribution in [-0.4, -0.2) is 200 Å². The molecule has 75 heavy (non-hydrogen) atoms. The van der Waals surface area contributed by atoms with Gasteiger partial charge in [-0.25, -0.2) is 9.59 Å².